The van der Waals surface area contributed by atoms with Crippen LogP contribution in [0.25, 0.3) is 10.9 Å². The first kappa shape index (κ1) is 16.6. The summed E-state index contributed by atoms with van der Waals surface area (Å²) in [7, 11) is 1.58. The van der Waals surface area contributed by atoms with Gasteiger partial charge in [0.2, 0.25) is 0 Å². The number of ether oxygens (including phenoxy) is 2. The Morgan fingerprint density at radius 3 is 2.88 bits per heavy atom. The number of H-pyrrole nitrogens is 1. The highest BCUT2D eigenvalue weighted by atomic mass is 16.5. The zero-order chi connectivity index (χ0) is 17.6. The Labute approximate surface area is 145 Å². The van der Waals surface area contributed by atoms with E-state index in [4.69, 9.17) is 9.47 Å². The number of nitrogens with one attached hydrogen (secondary N) is 2. The number of methoxy groups -OCH3 is 1. The molecular weight excluding hydrogens is 318 g/mol. The highest BCUT2D eigenvalue weighted by molar-refractivity contribution is 6.06. The smallest absolute Gasteiger partial charge is 0.273 e. The molecule has 3 rings (SSSR count). The molecule has 1 aromatic heterocycles. The third-order valence-electron chi connectivity index (χ3n) is 3.70. The van der Waals surface area contributed by atoms with Crippen molar-refractivity contribution >= 4 is 23.0 Å². The molecule has 0 saturated heterocycles. The predicted molar refractivity (Wildman–Crippen MR) is 97.5 cm³/mol. The van der Waals surface area contributed by atoms with Crippen molar-refractivity contribution in [1.29, 1.82) is 0 Å². The number of benzene rings is 2. The molecule has 3 aromatic rings. The normalized spacial score (nSPS) is 11.0. The zero-order valence-corrected chi connectivity index (χ0v) is 14.1. The van der Waals surface area contributed by atoms with E-state index in [1.807, 2.05) is 43.3 Å². The molecule has 128 valence electrons. The molecule has 0 radical (unpaired) electrons. The summed E-state index contributed by atoms with van der Waals surface area (Å²) in [6, 6.07) is 13.1. The summed E-state index contributed by atoms with van der Waals surface area (Å²) in [5.74, 6) is 1.02. The molecule has 0 atom stereocenters. The van der Waals surface area contributed by atoms with Gasteiger partial charge in [-0.05, 0) is 36.8 Å². The number of aromatic nitrogens is 1. The van der Waals surface area contributed by atoms with Gasteiger partial charge in [-0.1, -0.05) is 18.2 Å². The summed E-state index contributed by atoms with van der Waals surface area (Å²) in [4.78, 5) is 15.4. The van der Waals surface area contributed by atoms with Gasteiger partial charge in [-0.2, -0.15) is 5.10 Å². The van der Waals surface area contributed by atoms with E-state index in [1.54, 1.807) is 25.6 Å². The van der Waals surface area contributed by atoms with Crippen LogP contribution in [-0.4, -0.2) is 30.8 Å². The van der Waals surface area contributed by atoms with Gasteiger partial charge in [-0.15, -0.1) is 0 Å². The van der Waals surface area contributed by atoms with E-state index in [-0.39, 0.29) is 5.91 Å². The number of hydrogen-bond donors (Lipinski definition) is 2. The van der Waals surface area contributed by atoms with Crippen LogP contribution in [-0.2, 0) is 0 Å². The monoisotopic (exact) mass is 337 g/mol. The Kier molecular flexibility index (Phi) is 4.99. The fourth-order valence-electron chi connectivity index (χ4n) is 2.52. The molecule has 0 unspecified atom stereocenters. The predicted octanol–water partition coefficient (Wildman–Crippen LogP) is 3.34. The molecule has 25 heavy (non-hydrogen) atoms. The summed E-state index contributed by atoms with van der Waals surface area (Å²) >= 11 is 0. The molecule has 6 nitrogen and oxygen atoms in total. The maximum Gasteiger partial charge on any atom is 0.273 e. The van der Waals surface area contributed by atoms with Gasteiger partial charge in [0.25, 0.3) is 5.91 Å². The fourth-order valence-corrected chi connectivity index (χ4v) is 2.52. The van der Waals surface area contributed by atoms with Gasteiger partial charge < -0.3 is 14.5 Å². The summed E-state index contributed by atoms with van der Waals surface area (Å²) < 4.78 is 10.8. The number of hydrazone groups is 1. The molecule has 1 heterocycles. The minimum atomic E-state index is -0.272. The lowest BCUT2D eigenvalue weighted by Crippen LogP contribution is -2.17. The van der Waals surface area contributed by atoms with Crippen LogP contribution >= 0.6 is 0 Å². The second kappa shape index (κ2) is 7.53. The molecule has 0 aliphatic carbocycles. The number of fused-ring (bicyclic) bond motifs is 1. The molecule has 2 aromatic carbocycles. The first-order valence-corrected chi connectivity index (χ1v) is 7.93. The summed E-state index contributed by atoms with van der Waals surface area (Å²) in [5, 5.41) is 4.88. The molecule has 0 aliphatic rings. The largest absolute Gasteiger partial charge is 0.493 e. The van der Waals surface area contributed by atoms with Crippen molar-refractivity contribution < 1.29 is 14.3 Å². The number of hydrogen-bond acceptors (Lipinski definition) is 4. The molecule has 0 fully saturated rings. The Morgan fingerprint density at radius 1 is 1.24 bits per heavy atom. The number of carbonyl (C=O) groups excluding carboxylic acids is 1. The topological polar surface area (TPSA) is 75.7 Å². The van der Waals surface area contributed by atoms with Gasteiger partial charge in [0, 0.05) is 17.1 Å². The van der Waals surface area contributed by atoms with E-state index < -0.39 is 0 Å². The van der Waals surface area contributed by atoms with Crippen LogP contribution in [0.3, 0.4) is 0 Å². The third-order valence-corrected chi connectivity index (χ3v) is 3.70. The van der Waals surface area contributed by atoms with Gasteiger partial charge in [-0.3, -0.25) is 4.79 Å². The number of rotatable bonds is 6. The maximum absolute atomic E-state index is 12.3. The molecular formula is C19H19N3O3. The van der Waals surface area contributed by atoms with Gasteiger partial charge >= 0.3 is 0 Å². The highest BCUT2D eigenvalue weighted by Gasteiger charge is 2.10. The van der Waals surface area contributed by atoms with Crippen molar-refractivity contribution in [2.75, 3.05) is 13.7 Å². The quantitative estimate of drug-likeness (QED) is 0.535. The summed E-state index contributed by atoms with van der Waals surface area (Å²) in [6.07, 6.45) is 3.24. The Balaban J connectivity index is 1.71. The summed E-state index contributed by atoms with van der Waals surface area (Å²) in [6.45, 7) is 2.47. The van der Waals surface area contributed by atoms with E-state index >= 15 is 0 Å². The summed E-state index contributed by atoms with van der Waals surface area (Å²) in [5.41, 5.74) is 4.80. The minimum Gasteiger partial charge on any atom is -0.493 e. The number of amides is 1. The van der Waals surface area contributed by atoms with Crippen LogP contribution in [0.5, 0.6) is 11.5 Å². The number of aromatic amines is 1. The average molecular weight is 337 g/mol. The first-order chi connectivity index (χ1) is 12.2. The van der Waals surface area contributed by atoms with E-state index in [0.717, 1.165) is 16.5 Å². The lowest BCUT2D eigenvalue weighted by molar-refractivity contribution is 0.0957. The standard InChI is InChI=1S/C19H19N3O3/c1-3-25-17-9-8-13(10-18(17)24-2)11-21-22-19(23)15-12-20-16-7-5-4-6-14(15)16/h4-12,20H,3H2,1-2H3,(H,22,23)/b21-11+. The van der Waals surface area contributed by atoms with Crippen molar-refractivity contribution in [3.63, 3.8) is 0 Å². The van der Waals surface area contributed by atoms with E-state index in [1.165, 1.54) is 0 Å². The Hall–Kier alpha value is -3.28. The van der Waals surface area contributed by atoms with Crippen molar-refractivity contribution in [3.05, 3.63) is 59.8 Å². The molecule has 6 heteroatoms. The van der Waals surface area contributed by atoms with Crippen molar-refractivity contribution in [1.82, 2.24) is 10.4 Å². The van der Waals surface area contributed by atoms with E-state index in [0.29, 0.717) is 23.7 Å². The molecule has 1 amide bonds. The van der Waals surface area contributed by atoms with Crippen molar-refractivity contribution in [3.8, 4) is 11.5 Å². The molecule has 0 aliphatic heterocycles. The van der Waals surface area contributed by atoms with Gasteiger partial charge in [0.1, 0.15) is 0 Å². The van der Waals surface area contributed by atoms with Gasteiger partial charge in [0.05, 0.1) is 25.5 Å². The van der Waals surface area contributed by atoms with Crippen molar-refractivity contribution in [2.24, 2.45) is 5.10 Å². The van der Waals surface area contributed by atoms with E-state index in [2.05, 4.69) is 15.5 Å². The minimum absolute atomic E-state index is 0.272. The average Bonchev–Trinajstić information content (AvgIpc) is 3.07. The van der Waals surface area contributed by atoms with Crippen LogP contribution < -0.4 is 14.9 Å². The lowest BCUT2D eigenvalue weighted by atomic mass is 10.2. The number of para-hydroxylation sites is 1. The Morgan fingerprint density at radius 2 is 2.08 bits per heavy atom. The van der Waals surface area contributed by atoms with Gasteiger partial charge in [0.15, 0.2) is 11.5 Å². The SMILES string of the molecule is CCOc1ccc(/C=N/NC(=O)c2c[nH]c3ccccc23)cc1OC. The van der Waals surface area contributed by atoms with E-state index in [9.17, 15) is 4.79 Å². The number of nitrogens with zero attached hydrogens (tertiary/aromatic N) is 1. The second-order valence-corrected chi connectivity index (χ2v) is 5.29. The van der Waals surface area contributed by atoms with Gasteiger partial charge in [-0.25, -0.2) is 5.43 Å². The molecule has 2 N–H and O–H groups in total. The Bertz CT molecular complexity index is 915. The zero-order valence-electron chi connectivity index (χ0n) is 14.1. The van der Waals surface area contributed by atoms with Crippen molar-refractivity contribution in [2.45, 2.75) is 6.92 Å². The highest BCUT2D eigenvalue weighted by Crippen LogP contribution is 2.27. The third kappa shape index (κ3) is 3.63. The lowest BCUT2D eigenvalue weighted by Gasteiger charge is -2.09. The maximum atomic E-state index is 12.3. The molecule has 0 saturated carbocycles. The van der Waals surface area contributed by atoms with Crippen LogP contribution in [0.15, 0.2) is 53.8 Å². The second-order valence-electron chi connectivity index (χ2n) is 5.29. The molecule has 0 bridgehead atoms. The first-order valence-electron chi connectivity index (χ1n) is 7.93. The fraction of sp³-hybridized carbons (Fsp3) is 0.158. The van der Waals surface area contributed by atoms with Crippen LogP contribution in [0, 0.1) is 0 Å². The number of carbonyl (C=O) groups is 1. The van der Waals surface area contributed by atoms with Crippen LogP contribution in [0.1, 0.15) is 22.8 Å². The van der Waals surface area contributed by atoms with Crippen LogP contribution in [0.4, 0.5) is 0 Å². The molecule has 0 spiro atoms. The van der Waals surface area contributed by atoms with Crippen LogP contribution in [0.2, 0.25) is 0 Å².